The van der Waals surface area contributed by atoms with Gasteiger partial charge in [-0.3, -0.25) is 14.7 Å². The third-order valence-corrected chi connectivity index (χ3v) is 7.74. The van der Waals surface area contributed by atoms with Crippen molar-refractivity contribution in [3.63, 3.8) is 0 Å². The van der Waals surface area contributed by atoms with Crippen LogP contribution in [-0.4, -0.2) is 86.6 Å². The molecular formula is C23H32N8O3. The number of likely N-dealkylation sites (tertiary alicyclic amines) is 1. The Morgan fingerprint density at radius 2 is 2.03 bits per heavy atom. The molecular weight excluding hydrogens is 436 g/mol. The zero-order valence-electron chi connectivity index (χ0n) is 20.3. The van der Waals surface area contributed by atoms with E-state index in [0.29, 0.717) is 24.5 Å². The summed E-state index contributed by atoms with van der Waals surface area (Å²) in [6.45, 7) is 11.1. The summed E-state index contributed by atoms with van der Waals surface area (Å²) < 4.78 is 6.53. The minimum absolute atomic E-state index is 0.0313. The largest absolute Gasteiger partial charge is 0.456 e. The fourth-order valence-electron chi connectivity index (χ4n) is 5.12. The maximum Gasteiger partial charge on any atom is 0.336 e. The predicted molar refractivity (Wildman–Crippen MR) is 127 cm³/mol. The quantitative estimate of drug-likeness (QED) is 0.443. The highest BCUT2D eigenvalue weighted by atomic mass is 16.5. The second-order valence-electron chi connectivity index (χ2n) is 9.75. The van der Waals surface area contributed by atoms with Gasteiger partial charge in [-0.1, -0.05) is 0 Å². The first-order chi connectivity index (χ1) is 16.2. The van der Waals surface area contributed by atoms with E-state index >= 15 is 0 Å². The zero-order valence-corrected chi connectivity index (χ0v) is 20.3. The van der Waals surface area contributed by atoms with Gasteiger partial charge in [-0.05, 0) is 77.1 Å². The van der Waals surface area contributed by atoms with Crippen LogP contribution in [0.1, 0.15) is 52.9 Å². The first kappa shape index (κ1) is 23.9. The number of amides is 1. The molecule has 0 atom stereocenters. The van der Waals surface area contributed by atoms with E-state index < -0.39 is 0 Å². The number of nitrogens with zero attached hydrogens (tertiary/aromatic N) is 8. The number of hydrogen-bond acceptors (Lipinski definition) is 9. The predicted octanol–water partition coefficient (Wildman–Crippen LogP) is 1.90. The van der Waals surface area contributed by atoms with Crippen LogP contribution in [0.4, 0.5) is 0 Å². The molecule has 1 aromatic heterocycles. The number of carbonyl (C=O) groups is 2. The smallest absolute Gasteiger partial charge is 0.336 e. The monoisotopic (exact) mass is 468 g/mol. The number of hydrogen-bond donors (Lipinski definition) is 0. The zero-order chi connectivity index (χ0) is 24.5. The molecule has 1 saturated heterocycles. The normalized spacial score (nSPS) is 28.4. The van der Waals surface area contributed by atoms with E-state index in [1.165, 1.54) is 11.0 Å². The summed E-state index contributed by atoms with van der Waals surface area (Å²) in [6, 6.07) is 0. The molecule has 1 aromatic rings. The number of carbonyl (C=O) groups excluding carboxylic acids is 2. The molecule has 11 nitrogen and oxygen atoms in total. The minimum atomic E-state index is -0.332. The van der Waals surface area contributed by atoms with Crippen molar-refractivity contribution in [3.8, 4) is 0 Å². The van der Waals surface area contributed by atoms with Crippen LogP contribution in [0.15, 0.2) is 33.8 Å². The van der Waals surface area contributed by atoms with Crippen LogP contribution in [-0.2, 0) is 14.3 Å². The average Bonchev–Trinajstić information content (AvgIpc) is 3.54. The highest BCUT2D eigenvalue weighted by Gasteiger charge is 2.52. The van der Waals surface area contributed by atoms with Gasteiger partial charge in [0.25, 0.3) is 0 Å². The molecule has 2 fully saturated rings. The van der Waals surface area contributed by atoms with E-state index in [9.17, 15) is 9.59 Å². The highest BCUT2D eigenvalue weighted by Crippen LogP contribution is 2.50. The molecule has 0 unspecified atom stereocenters. The van der Waals surface area contributed by atoms with Crippen molar-refractivity contribution in [1.29, 1.82) is 0 Å². The van der Waals surface area contributed by atoms with E-state index in [1.807, 2.05) is 6.92 Å². The number of aromatic nitrogens is 4. The van der Waals surface area contributed by atoms with Crippen molar-refractivity contribution in [3.05, 3.63) is 23.8 Å². The number of tetrazole rings is 1. The fourth-order valence-corrected chi connectivity index (χ4v) is 5.12. The van der Waals surface area contributed by atoms with Crippen LogP contribution in [0.5, 0.6) is 0 Å². The molecule has 0 N–H and O–H groups in total. The Morgan fingerprint density at radius 1 is 1.29 bits per heavy atom. The van der Waals surface area contributed by atoms with Gasteiger partial charge in [-0.15, -0.1) is 5.10 Å². The van der Waals surface area contributed by atoms with Crippen molar-refractivity contribution < 1.29 is 14.3 Å². The maximum absolute atomic E-state index is 13.4. The third-order valence-electron chi connectivity index (χ3n) is 7.74. The van der Waals surface area contributed by atoms with Crippen LogP contribution in [0.2, 0.25) is 0 Å². The molecule has 1 aliphatic carbocycles. The maximum atomic E-state index is 13.4. The van der Waals surface area contributed by atoms with Crippen LogP contribution >= 0.6 is 0 Å². The number of ether oxygens (including phenoxy) is 1. The van der Waals surface area contributed by atoms with Crippen molar-refractivity contribution >= 4 is 30.1 Å². The van der Waals surface area contributed by atoms with Crippen molar-refractivity contribution in [2.45, 2.75) is 58.4 Å². The van der Waals surface area contributed by atoms with Gasteiger partial charge in [0.05, 0.1) is 22.9 Å². The summed E-state index contributed by atoms with van der Waals surface area (Å²) in [6.07, 6.45) is 7.39. The summed E-state index contributed by atoms with van der Waals surface area (Å²) in [5.74, 6) is 0.282. The van der Waals surface area contributed by atoms with E-state index in [0.717, 1.165) is 43.5 Å². The van der Waals surface area contributed by atoms with E-state index in [-0.39, 0.29) is 29.4 Å². The van der Waals surface area contributed by atoms with Crippen LogP contribution < -0.4 is 0 Å². The SMILES string of the molecule is C=N/C(=C\N=C(/C)CN(C)[C@]1(C)CC[C@]2(CCN(C3=C(C)C(=O)OC3)C2=O)CC1)n1cnnn1. The number of rotatable bonds is 7. The molecule has 3 aliphatic rings. The van der Waals surface area contributed by atoms with E-state index in [4.69, 9.17) is 4.74 Å². The summed E-state index contributed by atoms with van der Waals surface area (Å²) in [5.41, 5.74) is 1.86. The van der Waals surface area contributed by atoms with Gasteiger partial charge in [-0.2, -0.15) is 4.68 Å². The van der Waals surface area contributed by atoms with Gasteiger partial charge in [0.2, 0.25) is 5.91 Å². The van der Waals surface area contributed by atoms with Gasteiger partial charge in [0.1, 0.15) is 12.9 Å². The molecule has 34 heavy (non-hydrogen) atoms. The minimum Gasteiger partial charge on any atom is -0.456 e. The van der Waals surface area contributed by atoms with E-state index in [1.54, 1.807) is 18.0 Å². The summed E-state index contributed by atoms with van der Waals surface area (Å²) in [7, 11) is 2.10. The molecule has 1 spiro atoms. The molecule has 11 heteroatoms. The summed E-state index contributed by atoms with van der Waals surface area (Å²) in [4.78, 5) is 37.7. The number of esters is 1. The molecule has 182 valence electrons. The highest BCUT2D eigenvalue weighted by molar-refractivity contribution is 5.94. The van der Waals surface area contributed by atoms with Gasteiger partial charge in [0, 0.05) is 24.3 Å². The lowest BCUT2D eigenvalue weighted by Crippen LogP contribution is -2.51. The van der Waals surface area contributed by atoms with Crippen LogP contribution in [0, 0.1) is 5.41 Å². The lowest BCUT2D eigenvalue weighted by molar-refractivity contribution is -0.139. The molecule has 0 aromatic carbocycles. The Kier molecular flexibility index (Phi) is 6.48. The Balaban J connectivity index is 1.38. The van der Waals surface area contributed by atoms with E-state index in [2.05, 4.69) is 51.1 Å². The Hall–Kier alpha value is -3.21. The first-order valence-corrected chi connectivity index (χ1v) is 11.5. The molecule has 3 heterocycles. The summed E-state index contributed by atoms with van der Waals surface area (Å²) >= 11 is 0. The Bertz CT molecular complexity index is 1060. The standard InChI is InChI=1S/C23H32N8O3/c1-16(25-12-19(24-4)31-15-26-27-28-31)13-29(5)22(3)6-8-23(9-7-22)10-11-30(21(23)33)18-14-34-20(32)17(18)2/h12,15H,4,6-11,13-14H2,1-3,5H3/b19-12+,25-16+/t22-,23-. The van der Waals surface area contributed by atoms with Crippen LogP contribution in [0.25, 0.3) is 5.82 Å². The molecule has 1 amide bonds. The molecule has 4 rings (SSSR count). The fraction of sp³-hybridized carbons (Fsp3) is 0.609. The molecule has 0 bridgehead atoms. The van der Waals surface area contributed by atoms with Gasteiger partial charge in [-0.25, -0.2) is 9.79 Å². The van der Waals surface area contributed by atoms with Crippen LogP contribution in [0.3, 0.4) is 0 Å². The summed E-state index contributed by atoms with van der Waals surface area (Å²) in [5, 5.41) is 11.0. The lowest BCUT2D eigenvalue weighted by Gasteiger charge is -2.47. The van der Waals surface area contributed by atoms with Gasteiger partial charge in [0.15, 0.2) is 5.82 Å². The van der Waals surface area contributed by atoms with Crippen molar-refractivity contribution in [2.75, 3.05) is 26.7 Å². The Morgan fingerprint density at radius 3 is 2.62 bits per heavy atom. The number of cyclic esters (lactones) is 1. The van der Waals surface area contributed by atoms with Gasteiger partial charge >= 0.3 is 5.97 Å². The molecule has 2 aliphatic heterocycles. The van der Waals surface area contributed by atoms with Crippen molar-refractivity contribution in [1.82, 2.24) is 30.0 Å². The third kappa shape index (κ3) is 4.31. The second kappa shape index (κ2) is 9.21. The van der Waals surface area contributed by atoms with Crippen molar-refractivity contribution in [2.24, 2.45) is 15.4 Å². The van der Waals surface area contributed by atoms with Gasteiger partial charge < -0.3 is 9.64 Å². The second-order valence-corrected chi connectivity index (χ2v) is 9.75. The molecule has 0 radical (unpaired) electrons. The topological polar surface area (TPSA) is 118 Å². The molecule has 1 saturated carbocycles. The first-order valence-electron chi connectivity index (χ1n) is 11.5. The lowest BCUT2D eigenvalue weighted by atomic mass is 9.66. The average molecular weight is 469 g/mol. The number of aliphatic imine (C=N–C) groups is 2. The Labute approximate surface area is 199 Å².